The summed E-state index contributed by atoms with van der Waals surface area (Å²) < 4.78 is 6.99. The number of hydrogen-bond donors (Lipinski definition) is 1. The van der Waals surface area contributed by atoms with E-state index >= 15 is 0 Å². The zero-order chi connectivity index (χ0) is 15.5. The molecule has 0 amide bonds. The minimum atomic E-state index is 0.186. The monoisotopic (exact) mass is 298 g/mol. The van der Waals surface area contributed by atoms with Gasteiger partial charge in [0.15, 0.2) is 5.82 Å². The Bertz CT molecular complexity index is 717. The first kappa shape index (κ1) is 14.5. The van der Waals surface area contributed by atoms with Gasteiger partial charge in [0.2, 0.25) is 0 Å². The van der Waals surface area contributed by atoms with Gasteiger partial charge in [0.25, 0.3) is 0 Å². The van der Waals surface area contributed by atoms with Crippen molar-refractivity contribution in [3.63, 3.8) is 0 Å². The zero-order valence-electron chi connectivity index (χ0n) is 12.7. The van der Waals surface area contributed by atoms with Gasteiger partial charge in [-0.2, -0.15) is 10.4 Å². The van der Waals surface area contributed by atoms with E-state index < -0.39 is 0 Å². The Labute approximate surface area is 129 Å². The van der Waals surface area contributed by atoms with E-state index in [2.05, 4.69) is 26.5 Å². The number of nitriles is 1. The molecule has 22 heavy (non-hydrogen) atoms. The maximum atomic E-state index is 9.19. The zero-order valence-corrected chi connectivity index (χ0v) is 12.7. The van der Waals surface area contributed by atoms with Crippen LogP contribution in [0.2, 0.25) is 0 Å². The number of aryl methyl sites for hydroxylation is 2. The van der Waals surface area contributed by atoms with E-state index in [0.717, 1.165) is 24.4 Å². The summed E-state index contributed by atoms with van der Waals surface area (Å²) in [6.07, 6.45) is 1.79. The molecule has 0 aliphatic carbocycles. The minimum absolute atomic E-state index is 0.186. The lowest BCUT2D eigenvalue weighted by atomic mass is 10.1. The Morgan fingerprint density at radius 2 is 2.32 bits per heavy atom. The number of hydrogen-bond acceptors (Lipinski definition) is 6. The number of methoxy groups -OCH3 is 1. The molecule has 0 saturated carbocycles. The van der Waals surface area contributed by atoms with Gasteiger partial charge in [-0.15, -0.1) is 0 Å². The topological polar surface area (TPSA) is 88.7 Å². The number of aromatic nitrogens is 4. The number of pyridine rings is 1. The van der Waals surface area contributed by atoms with E-state index in [0.29, 0.717) is 30.4 Å². The number of nitrogens with zero attached hydrogens (tertiary/aromatic N) is 5. The molecule has 1 aliphatic rings. The summed E-state index contributed by atoms with van der Waals surface area (Å²) in [5.74, 6) is 2.35. The number of nitrogens with one attached hydrogen (secondary N) is 1. The summed E-state index contributed by atoms with van der Waals surface area (Å²) >= 11 is 0. The first-order chi connectivity index (χ1) is 10.7. The van der Waals surface area contributed by atoms with Gasteiger partial charge < -0.3 is 10.1 Å². The average molecular weight is 298 g/mol. The molecule has 2 aromatic rings. The van der Waals surface area contributed by atoms with Crippen molar-refractivity contribution >= 4 is 5.82 Å². The molecule has 0 saturated heterocycles. The SMILES string of the molecule is COCc1nc2n(n1)CC(Nc1nc(C)ccc1C#N)CC2. The quantitative estimate of drug-likeness (QED) is 0.918. The van der Waals surface area contributed by atoms with Crippen molar-refractivity contribution in [2.24, 2.45) is 0 Å². The van der Waals surface area contributed by atoms with Crippen molar-refractivity contribution in [2.75, 3.05) is 12.4 Å². The van der Waals surface area contributed by atoms with E-state index in [1.165, 1.54) is 0 Å². The summed E-state index contributed by atoms with van der Waals surface area (Å²) in [5.41, 5.74) is 1.45. The van der Waals surface area contributed by atoms with Crippen LogP contribution in [0.25, 0.3) is 0 Å². The Morgan fingerprint density at radius 1 is 1.45 bits per heavy atom. The summed E-state index contributed by atoms with van der Waals surface area (Å²) in [6.45, 7) is 3.06. The number of anilines is 1. The molecule has 1 N–H and O–H groups in total. The molecular weight excluding hydrogens is 280 g/mol. The highest BCUT2D eigenvalue weighted by Gasteiger charge is 2.22. The third kappa shape index (κ3) is 2.92. The van der Waals surface area contributed by atoms with Crippen LogP contribution in [0.4, 0.5) is 5.82 Å². The fourth-order valence-electron chi connectivity index (χ4n) is 2.62. The molecule has 0 bridgehead atoms. The first-order valence-corrected chi connectivity index (χ1v) is 7.25. The van der Waals surface area contributed by atoms with Gasteiger partial charge >= 0.3 is 0 Å². The van der Waals surface area contributed by atoms with Gasteiger partial charge in [-0.3, -0.25) is 0 Å². The molecule has 0 aromatic carbocycles. The van der Waals surface area contributed by atoms with Gasteiger partial charge in [0, 0.05) is 25.3 Å². The lowest BCUT2D eigenvalue weighted by Gasteiger charge is -2.24. The largest absolute Gasteiger partial charge is 0.377 e. The van der Waals surface area contributed by atoms with E-state index in [1.54, 1.807) is 13.2 Å². The fourth-order valence-corrected chi connectivity index (χ4v) is 2.62. The second kappa shape index (κ2) is 6.12. The van der Waals surface area contributed by atoms with Crippen LogP contribution in [0.3, 0.4) is 0 Å². The van der Waals surface area contributed by atoms with Crippen LogP contribution in [0.15, 0.2) is 12.1 Å². The average Bonchev–Trinajstić information content (AvgIpc) is 2.89. The molecule has 3 heterocycles. The molecule has 0 spiro atoms. The molecule has 0 radical (unpaired) electrons. The summed E-state index contributed by atoms with van der Waals surface area (Å²) in [4.78, 5) is 8.89. The standard InChI is InChI=1S/C15H18N6O/c1-10-3-4-11(7-16)15(17-10)18-12-5-6-14-19-13(9-22-2)20-21(14)8-12/h3-4,12H,5-6,8-9H2,1-2H3,(H,17,18). The van der Waals surface area contributed by atoms with Crippen molar-refractivity contribution < 1.29 is 4.74 Å². The van der Waals surface area contributed by atoms with Crippen molar-refractivity contribution in [3.05, 3.63) is 35.0 Å². The Morgan fingerprint density at radius 3 is 3.09 bits per heavy atom. The van der Waals surface area contributed by atoms with Crippen molar-refractivity contribution in [2.45, 2.75) is 39.0 Å². The molecule has 3 rings (SSSR count). The predicted molar refractivity (Wildman–Crippen MR) is 80.2 cm³/mol. The van der Waals surface area contributed by atoms with Crippen LogP contribution in [0.5, 0.6) is 0 Å². The summed E-state index contributed by atoms with van der Waals surface area (Å²) in [6, 6.07) is 6.00. The van der Waals surface area contributed by atoms with Crippen LogP contribution in [-0.4, -0.2) is 32.9 Å². The van der Waals surface area contributed by atoms with Crippen LogP contribution < -0.4 is 5.32 Å². The number of ether oxygens (including phenoxy) is 1. The van der Waals surface area contributed by atoms with Crippen LogP contribution in [-0.2, 0) is 24.3 Å². The van der Waals surface area contributed by atoms with E-state index in [4.69, 9.17) is 4.74 Å². The summed E-state index contributed by atoms with van der Waals surface area (Å²) in [5, 5.41) is 17.0. The van der Waals surface area contributed by atoms with E-state index in [9.17, 15) is 5.26 Å². The molecule has 7 nitrogen and oxygen atoms in total. The highest BCUT2D eigenvalue weighted by atomic mass is 16.5. The molecule has 114 valence electrons. The van der Waals surface area contributed by atoms with Crippen molar-refractivity contribution in [1.29, 1.82) is 5.26 Å². The Kier molecular flexibility index (Phi) is 4.02. The van der Waals surface area contributed by atoms with Gasteiger partial charge in [-0.25, -0.2) is 14.6 Å². The summed E-state index contributed by atoms with van der Waals surface area (Å²) in [7, 11) is 1.64. The van der Waals surface area contributed by atoms with Crippen molar-refractivity contribution in [1.82, 2.24) is 19.7 Å². The van der Waals surface area contributed by atoms with Gasteiger partial charge in [0.1, 0.15) is 24.3 Å². The lowest BCUT2D eigenvalue weighted by molar-refractivity contribution is 0.177. The molecule has 1 unspecified atom stereocenters. The van der Waals surface area contributed by atoms with Gasteiger partial charge in [-0.1, -0.05) is 0 Å². The Hall–Kier alpha value is -2.46. The highest BCUT2D eigenvalue weighted by Crippen LogP contribution is 2.19. The number of rotatable bonds is 4. The van der Waals surface area contributed by atoms with Gasteiger partial charge in [-0.05, 0) is 25.5 Å². The molecular formula is C15H18N6O. The van der Waals surface area contributed by atoms with Crippen LogP contribution in [0, 0.1) is 18.3 Å². The third-order valence-corrected chi connectivity index (χ3v) is 3.67. The second-order valence-electron chi connectivity index (χ2n) is 5.40. The fraction of sp³-hybridized carbons (Fsp3) is 0.467. The maximum Gasteiger partial charge on any atom is 0.176 e. The third-order valence-electron chi connectivity index (χ3n) is 3.67. The molecule has 2 aromatic heterocycles. The first-order valence-electron chi connectivity index (χ1n) is 7.25. The van der Waals surface area contributed by atoms with E-state index in [-0.39, 0.29) is 6.04 Å². The smallest absolute Gasteiger partial charge is 0.176 e. The van der Waals surface area contributed by atoms with Crippen LogP contribution >= 0.6 is 0 Å². The van der Waals surface area contributed by atoms with Crippen molar-refractivity contribution in [3.8, 4) is 6.07 Å². The minimum Gasteiger partial charge on any atom is -0.377 e. The molecule has 0 fully saturated rings. The van der Waals surface area contributed by atoms with Crippen LogP contribution in [0.1, 0.15) is 29.3 Å². The second-order valence-corrected chi connectivity index (χ2v) is 5.40. The number of fused-ring (bicyclic) bond motifs is 1. The lowest BCUT2D eigenvalue weighted by Crippen LogP contribution is -2.32. The molecule has 1 atom stereocenters. The molecule has 7 heteroatoms. The normalized spacial score (nSPS) is 16.9. The molecule has 1 aliphatic heterocycles. The van der Waals surface area contributed by atoms with E-state index in [1.807, 2.05) is 17.7 Å². The van der Waals surface area contributed by atoms with Gasteiger partial charge in [0.05, 0.1) is 12.1 Å². The maximum absolute atomic E-state index is 9.19. The predicted octanol–water partition coefficient (Wildman–Crippen LogP) is 1.43. The Balaban J connectivity index is 1.75. The highest BCUT2D eigenvalue weighted by molar-refractivity contribution is 5.52.